The molecule has 31 heavy (non-hydrogen) atoms. The van der Waals surface area contributed by atoms with Gasteiger partial charge < -0.3 is 5.11 Å². The van der Waals surface area contributed by atoms with Crippen molar-refractivity contribution in [3.05, 3.63) is 91.0 Å². The molecule has 0 bridgehead atoms. The molecule has 0 amide bonds. The van der Waals surface area contributed by atoms with E-state index in [1.54, 1.807) is 0 Å². The first-order valence-corrected chi connectivity index (χ1v) is 11.4. The zero-order valence-corrected chi connectivity index (χ0v) is 17.7. The lowest BCUT2D eigenvalue weighted by Crippen LogP contribution is -2.09. The molecule has 0 saturated carbocycles. The maximum atomic E-state index is 13.3. The highest BCUT2D eigenvalue weighted by atomic mass is 32.2. The first-order chi connectivity index (χ1) is 15.1. The summed E-state index contributed by atoms with van der Waals surface area (Å²) in [6.45, 7) is 0. The number of rotatable bonds is 8. The third-order valence-corrected chi connectivity index (χ3v) is 6.22. The van der Waals surface area contributed by atoms with Crippen molar-refractivity contribution >= 4 is 16.8 Å². The summed E-state index contributed by atoms with van der Waals surface area (Å²) in [4.78, 5) is 15.8. The number of aliphatic carboxylic acids is 1. The maximum absolute atomic E-state index is 13.3. The van der Waals surface area contributed by atoms with Gasteiger partial charge in [-0.1, -0.05) is 78.9 Å². The maximum Gasteiger partial charge on any atom is 0.303 e. The third kappa shape index (κ3) is 4.64. The minimum Gasteiger partial charge on any atom is -0.481 e. The van der Waals surface area contributed by atoms with Crippen molar-refractivity contribution in [3.8, 4) is 28.2 Å². The third-order valence-electron chi connectivity index (χ3n) is 4.88. The second-order valence-corrected chi connectivity index (χ2v) is 8.51. The summed E-state index contributed by atoms with van der Waals surface area (Å²) in [5.74, 6) is -0.656. The number of hydrogen-bond donors (Lipinski definition) is 1. The molecule has 4 aromatic rings. The van der Waals surface area contributed by atoms with Gasteiger partial charge in [0.1, 0.15) is 0 Å². The zero-order chi connectivity index (χ0) is 21.6. The lowest BCUT2D eigenvalue weighted by Gasteiger charge is -2.13. The second kappa shape index (κ2) is 9.53. The summed E-state index contributed by atoms with van der Waals surface area (Å²) in [6, 6.07) is 29.5. The fourth-order valence-corrected chi connectivity index (χ4v) is 4.66. The number of carbonyl (C=O) groups is 1. The predicted octanol–water partition coefficient (Wildman–Crippen LogP) is 5.18. The van der Waals surface area contributed by atoms with Crippen LogP contribution in [0.1, 0.15) is 12.8 Å². The summed E-state index contributed by atoms with van der Waals surface area (Å²) in [5, 5.41) is 9.38. The molecule has 1 N–H and O–H groups in total. The monoisotopic (exact) mass is 430 g/mol. The Balaban J connectivity index is 1.93. The second-order valence-electron chi connectivity index (χ2n) is 7.04. The molecule has 1 heterocycles. The molecule has 0 spiro atoms. The number of benzene rings is 3. The number of aromatic nitrogens is 2. The fourth-order valence-electron chi connectivity index (χ4n) is 3.47. The van der Waals surface area contributed by atoms with E-state index in [2.05, 4.69) is 0 Å². The van der Waals surface area contributed by atoms with Crippen LogP contribution in [0.25, 0.3) is 28.2 Å². The molecule has 156 valence electrons. The Morgan fingerprint density at radius 2 is 1.39 bits per heavy atom. The Kier molecular flexibility index (Phi) is 6.38. The van der Waals surface area contributed by atoms with Crippen molar-refractivity contribution in [1.29, 1.82) is 0 Å². The van der Waals surface area contributed by atoms with Crippen LogP contribution < -0.4 is 0 Å². The van der Waals surface area contributed by atoms with Crippen LogP contribution in [0.3, 0.4) is 0 Å². The van der Waals surface area contributed by atoms with Crippen molar-refractivity contribution in [2.45, 2.75) is 18.0 Å². The molecule has 0 radical (unpaired) electrons. The summed E-state index contributed by atoms with van der Waals surface area (Å²) >= 11 is 0. The number of imidazole rings is 1. The molecule has 0 saturated heterocycles. The van der Waals surface area contributed by atoms with E-state index in [9.17, 15) is 9.00 Å². The van der Waals surface area contributed by atoms with Crippen LogP contribution in [0.15, 0.2) is 96.2 Å². The molecule has 3 aromatic carbocycles. The first kappa shape index (κ1) is 20.8. The smallest absolute Gasteiger partial charge is 0.303 e. The molecule has 0 aliphatic heterocycles. The largest absolute Gasteiger partial charge is 0.481 e. The summed E-state index contributed by atoms with van der Waals surface area (Å²) in [5.41, 5.74) is 4.36. The highest BCUT2D eigenvalue weighted by molar-refractivity contribution is 7.84. The highest BCUT2D eigenvalue weighted by Crippen LogP contribution is 2.36. The van der Waals surface area contributed by atoms with E-state index in [0.717, 1.165) is 28.2 Å². The average Bonchev–Trinajstić information content (AvgIpc) is 3.21. The van der Waals surface area contributed by atoms with Crippen LogP contribution >= 0.6 is 0 Å². The number of carboxylic acid groups (broad SMARTS) is 1. The topological polar surface area (TPSA) is 72.2 Å². The quantitative estimate of drug-likeness (QED) is 0.418. The molecule has 0 aliphatic carbocycles. The Labute approximate surface area is 183 Å². The van der Waals surface area contributed by atoms with Crippen molar-refractivity contribution < 1.29 is 14.1 Å². The van der Waals surface area contributed by atoms with E-state index in [1.807, 2.05) is 95.6 Å². The van der Waals surface area contributed by atoms with Crippen molar-refractivity contribution in [1.82, 2.24) is 9.55 Å². The van der Waals surface area contributed by atoms with Gasteiger partial charge >= 0.3 is 5.97 Å². The Bertz CT molecular complexity index is 1190. The van der Waals surface area contributed by atoms with Crippen molar-refractivity contribution in [2.75, 3.05) is 5.75 Å². The molecule has 0 aliphatic rings. The number of carboxylic acids is 1. The van der Waals surface area contributed by atoms with E-state index in [4.69, 9.17) is 10.1 Å². The van der Waals surface area contributed by atoms with Gasteiger partial charge in [-0.05, 0) is 18.6 Å². The van der Waals surface area contributed by atoms with E-state index < -0.39 is 16.8 Å². The van der Waals surface area contributed by atoms with Crippen LogP contribution in [0.4, 0.5) is 0 Å². The molecule has 0 fully saturated rings. The van der Waals surface area contributed by atoms with Crippen molar-refractivity contribution in [2.24, 2.45) is 0 Å². The Hall–Kier alpha value is -3.51. The Morgan fingerprint density at radius 1 is 0.839 bits per heavy atom. The van der Waals surface area contributed by atoms with Gasteiger partial charge in [-0.25, -0.2) is 4.98 Å². The molecule has 6 heteroatoms. The van der Waals surface area contributed by atoms with Gasteiger partial charge in [0.15, 0.2) is 0 Å². The van der Waals surface area contributed by atoms with Gasteiger partial charge in [0.05, 0.1) is 22.2 Å². The van der Waals surface area contributed by atoms with E-state index in [0.29, 0.717) is 11.6 Å². The summed E-state index contributed by atoms with van der Waals surface area (Å²) in [6.07, 6.45) is 0.305. The molecular weight excluding hydrogens is 408 g/mol. The lowest BCUT2D eigenvalue weighted by molar-refractivity contribution is -0.137. The van der Waals surface area contributed by atoms with Crippen LogP contribution in [-0.4, -0.2) is 30.6 Å². The number of hydrogen-bond acceptors (Lipinski definition) is 3. The standard InChI is InChI=1S/C25H22N2O3S/c28-22(29)17-10-18-31(30)25-26-23(19-11-4-1-5-12-19)24(20-13-6-2-7-14-20)27(25)21-15-8-3-9-16-21/h1-9,11-16H,10,17-18H2,(H,28,29). The normalized spacial score (nSPS) is 11.9. The molecular formula is C25H22N2O3S. The van der Waals surface area contributed by atoms with Gasteiger partial charge in [0.2, 0.25) is 5.16 Å². The zero-order valence-electron chi connectivity index (χ0n) is 16.8. The Morgan fingerprint density at radius 3 is 1.97 bits per heavy atom. The summed E-state index contributed by atoms with van der Waals surface area (Å²) < 4.78 is 15.2. The van der Waals surface area contributed by atoms with Gasteiger partial charge in [-0.2, -0.15) is 0 Å². The van der Waals surface area contributed by atoms with Crippen LogP contribution in [0.2, 0.25) is 0 Å². The van der Waals surface area contributed by atoms with E-state index in [1.165, 1.54) is 0 Å². The average molecular weight is 431 g/mol. The molecule has 5 nitrogen and oxygen atoms in total. The summed E-state index contributed by atoms with van der Waals surface area (Å²) in [7, 11) is -1.46. The van der Waals surface area contributed by atoms with E-state index >= 15 is 0 Å². The van der Waals surface area contributed by atoms with Gasteiger partial charge in [0, 0.05) is 29.0 Å². The number of para-hydroxylation sites is 1. The van der Waals surface area contributed by atoms with Crippen LogP contribution in [0, 0.1) is 0 Å². The van der Waals surface area contributed by atoms with Crippen LogP contribution in [-0.2, 0) is 15.6 Å². The number of nitrogens with zero attached hydrogens (tertiary/aromatic N) is 2. The molecule has 4 rings (SSSR count). The minimum atomic E-state index is -1.46. The highest BCUT2D eigenvalue weighted by Gasteiger charge is 2.24. The van der Waals surface area contributed by atoms with Gasteiger partial charge in [0.25, 0.3) is 0 Å². The molecule has 1 aromatic heterocycles. The van der Waals surface area contributed by atoms with Gasteiger partial charge in [-0.15, -0.1) is 0 Å². The predicted molar refractivity (Wildman–Crippen MR) is 123 cm³/mol. The minimum absolute atomic E-state index is 0.0190. The van der Waals surface area contributed by atoms with Gasteiger partial charge in [-0.3, -0.25) is 13.6 Å². The molecule has 1 unspecified atom stereocenters. The lowest BCUT2D eigenvalue weighted by atomic mass is 10.0. The first-order valence-electron chi connectivity index (χ1n) is 10.0. The SMILES string of the molecule is O=C(O)CCCS(=O)c1nc(-c2ccccc2)c(-c2ccccc2)n1-c1ccccc1. The van der Waals surface area contributed by atoms with Crippen molar-refractivity contribution in [3.63, 3.8) is 0 Å². The van der Waals surface area contributed by atoms with E-state index in [-0.39, 0.29) is 12.2 Å². The fraction of sp³-hybridized carbons (Fsp3) is 0.120. The van der Waals surface area contributed by atoms with Crippen LogP contribution in [0.5, 0.6) is 0 Å². The molecule has 1 atom stereocenters.